The van der Waals surface area contributed by atoms with Gasteiger partial charge in [0, 0.05) is 17.7 Å². The molecule has 1 amide bonds. The zero-order valence-corrected chi connectivity index (χ0v) is 10.4. The van der Waals surface area contributed by atoms with E-state index in [1.54, 1.807) is 12.5 Å². The SMILES string of the molecule is O=C1NCCc2ccc(C(Cl)c3ccoc3)cc21. The summed E-state index contributed by atoms with van der Waals surface area (Å²) in [7, 11) is 0. The van der Waals surface area contributed by atoms with Gasteiger partial charge < -0.3 is 9.73 Å². The molecule has 92 valence electrons. The number of rotatable bonds is 2. The topological polar surface area (TPSA) is 42.2 Å². The van der Waals surface area contributed by atoms with Crippen LogP contribution in [0.4, 0.5) is 0 Å². The number of hydrogen-bond acceptors (Lipinski definition) is 2. The van der Waals surface area contributed by atoms with Crippen LogP contribution in [0.2, 0.25) is 0 Å². The molecule has 1 unspecified atom stereocenters. The lowest BCUT2D eigenvalue weighted by molar-refractivity contribution is 0.0946. The van der Waals surface area contributed by atoms with Gasteiger partial charge in [-0.05, 0) is 29.7 Å². The third-order valence-electron chi connectivity index (χ3n) is 3.19. The molecule has 0 saturated carbocycles. The summed E-state index contributed by atoms with van der Waals surface area (Å²) in [5.41, 5.74) is 3.62. The highest BCUT2D eigenvalue weighted by molar-refractivity contribution is 6.22. The molecular weight excluding hydrogens is 250 g/mol. The van der Waals surface area contributed by atoms with Crippen molar-refractivity contribution in [1.29, 1.82) is 0 Å². The smallest absolute Gasteiger partial charge is 0.251 e. The van der Waals surface area contributed by atoms with Crippen LogP contribution in [0.5, 0.6) is 0 Å². The fraction of sp³-hybridized carbons (Fsp3) is 0.214. The van der Waals surface area contributed by atoms with E-state index in [-0.39, 0.29) is 11.3 Å². The molecule has 1 atom stereocenters. The Balaban J connectivity index is 1.99. The summed E-state index contributed by atoms with van der Waals surface area (Å²) in [6.45, 7) is 0.706. The van der Waals surface area contributed by atoms with Crippen LogP contribution >= 0.6 is 11.6 Å². The first-order chi connectivity index (χ1) is 8.75. The van der Waals surface area contributed by atoms with E-state index in [4.69, 9.17) is 16.0 Å². The Morgan fingerprint density at radius 1 is 1.28 bits per heavy atom. The largest absolute Gasteiger partial charge is 0.472 e. The van der Waals surface area contributed by atoms with Crippen molar-refractivity contribution in [2.24, 2.45) is 0 Å². The van der Waals surface area contributed by atoms with Crippen LogP contribution in [0.15, 0.2) is 41.2 Å². The van der Waals surface area contributed by atoms with E-state index < -0.39 is 0 Å². The maximum Gasteiger partial charge on any atom is 0.251 e. The lowest BCUT2D eigenvalue weighted by Gasteiger charge is -2.18. The number of amides is 1. The molecule has 1 aliphatic heterocycles. The predicted molar refractivity (Wildman–Crippen MR) is 68.9 cm³/mol. The molecule has 1 N–H and O–H groups in total. The van der Waals surface area contributed by atoms with Crippen LogP contribution in [0.3, 0.4) is 0 Å². The number of nitrogens with one attached hydrogen (secondary N) is 1. The molecule has 0 saturated heterocycles. The third kappa shape index (κ3) is 1.91. The van der Waals surface area contributed by atoms with Crippen molar-refractivity contribution in [2.75, 3.05) is 6.54 Å². The minimum atomic E-state index is -0.288. The highest BCUT2D eigenvalue weighted by Gasteiger charge is 2.19. The molecule has 4 heteroatoms. The van der Waals surface area contributed by atoms with E-state index in [2.05, 4.69) is 5.32 Å². The van der Waals surface area contributed by atoms with Gasteiger partial charge in [-0.1, -0.05) is 12.1 Å². The van der Waals surface area contributed by atoms with Crippen molar-refractivity contribution in [3.05, 3.63) is 59.0 Å². The van der Waals surface area contributed by atoms with E-state index in [1.807, 2.05) is 24.3 Å². The summed E-state index contributed by atoms with van der Waals surface area (Å²) in [5, 5.41) is 2.55. The average molecular weight is 262 g/mol. The molecular formula is C14H12ClNO2. The average Bonchev–Trinajstić information content (AvgIpc) is 2.92. The normalized spacial score (nSPS) is 15.9. The van der Waals surface area contributed by atoms with Gasteiger partial charge in [-0.15, -0.1) is 11.6 Å². The first kappa shape index (κ1) is 11.4. The standard InChI is InChI=1S/C14H12ClNO2/c15-13(11-4-6-18-8-11)10-2-1-9-3-5-16-14(17)12(9)7-10/h1-2,4,6-8,13H,3,5H2,(H,16,17). The van der Waals surface area contributed by atoms with Crippen molar-refractivity contribution >= 4 is 17.5 Å². The molecule has 0 aliphatic carbocycles. The number of fused-ring (bicyclic) bond motifs is 1. The van der Waals surface area contributed by atoms with E-state index in [0.29, 0.717) is 6.54 Å². The van der Waals surface area contributed by atoms with Crippen molar-refractivity contribution in [2.45, 2.75) is 11.8 Å². The number of carbonyl (C=O) groups excluding carboxylic acids is 1. The number of alkyl halides is 1. The Morgan fingerprint density at radius 3 is 2.94 bits per heavy atom. The molecule has 1 aromatic heterocycles. The van der Waals surface area contributed by atoms with E-state index in [9.17, 15) is 4.79 Å². The Bertz CT molecular complexity index is 577. The van der Waals surface area contributed by atoms with Crippen LogP contribution in [-0.4, -0.2) is 12.5 Å². The number of carbonyl (C=O) groups is 1. The zero-order valence-electron chi connectivity index (χ0n) is 9.65. The fourth-order valence-corrected chi connectivity index (χ4v) is 2.46. The summed E-state index contributed by atoms with van der Waals surface area (Å²) in [5.74, 6) is -0.0193. The molecule has 3 nitrogen and oxygen atoms in total. The Hall–Kier alpha value is -1.74. The molecule has 0 bridgehead atoms. The second-order valence-corrected chi connectivity index (χ2v) is 4.78. The van der Waals surface area contributed by atoms with Gasteiger partial charge in [0.2, 0.25) is 0 Å². The summed E-state index contributed by atoms with van der Waals surface area (Å²) in [6, 6.07) is 7.66. The van der Waals surface area contributed by atoms with Crippen LogP contribution in [0.25, 0.3) is 0 Å². The van der Waals surface area contributed by atoms with Crippen LogP contribution in [-0.2, 0) is 6.42 Å². The number of halogens is 1. The molecule has 0 fully saturated rings. The summed E-state index contributed by atoms with van der Waals surface area (Å²) in [4.78, 5) is 11.8. The first-order valence-corrected chi connectivity index (χ1v) is 6.26. The monoisotopic (exact) mass is 261 g/mol. The third-order valence-corrected chi connectivity index (χ3v) is 3.69. The molecule has 2 heterocycles. The highest BCUT2D eigenvalue weighted by atomic mass is 35.5. The second-order valence-electron chi connectivity index (χ2n) is 4.34. The fourth-order valence-electron chi connectivity index (χ4n) is 2.20. The minimum Gasteiger partial charge on any atom is -0.472 e. The molecule has 0 spiro atoms. The maximum absolute atomic E-state index is 11.8. The predicted octanol–water partition coefficient (Wildman–Crippen LogP) is 2.89. The molecule has 0 radical (unpaired) electrons. The van der Waals surface area contributed by atoms with Gasteiger partial charge in [0.05, 0.1) is 17.9 Å². The van der Waals surface area contributed by atoms with Gasteiger partial charge in [0.25, 0.3) is 5.91 Å². The van der Waals surface area contributed by atoms with Gasteiger partial charge in [-0.3, -0.25) is 4.79 Å². The van der Waals surface area contributed by atoms with Crippen LogP contribution < -0.4 is 5.32 Å². The Morgan fingerprint density at radius 2 is 2.17 bits per heavy atom. The molecule has 2 aromatic rings. The lowest BCUT2D eigenvalue weighted by atomic mass is 9.95. The maximum atomic E-state index is 11.8. The van der Waals surface area contributed by atoms with Crippen molar-refractivity contribution in [3.63, 3.8) is 0 Å². The summed E-state index contributed by atoms with van der Waals surface area (Å²) < 4.78 is 5.03. The lowest BCUT2D eigenvalue weighted by Crippen LogP contribution is -2.31. The minimum absolute atomic E-state index is 0.0193. The molecule has 18 heavy (non-hydrogen) atoms. The van der Waals surface area contributed by atoms with Crippen LogP contribution in [0.1, 0.15) is 32.4 Å². The molecule has 1 aromatic carbocycles. The second kappa shape index (κ2) is 4.50. The highest BCUT2D eigenvalue weighted by Crippen LogP contribution is 2.30. The summed E-state index contributed by atoms with van der Waals surface area (Å²) >= 11 is 6.37. The van der Waals surface area contributed by atoms with E-state index in [0.717, 1.165) is 28.7 Å². The Kier molecular flexibility index (Phi) is 2.84. The van der Waals surface area contributed by atoms with E-state index in [1.165, 1.54) is 0 Å². The number of hydrogen-bond donors (Lipinski definition) is 1. The van der Waals surface area contributed by atoms with Gasteiger partial charge >= 0.3 is 0 Å². The zero-order chi connectivity index (χ0) is 12.5. The molecule has 1 aliphatic rings. The first-order valence-electron chi connectivity index (χ1n) is 5.83. The van der Waals surface area contributed by atoms with Gasteiger partial charge in [0.1, 0.15) is 0 Å². The van der Waals surface area contributed by atoms with Gasteiger partial charge in [0.15, 0.2) is 0 Å². The quantitative estimate of drug-likeness (QED) is 0.845. The van der Waals surface area contributed by atoms with Crippen molar-refractivity contribution in [3.8, 4) is 0 Å². The van der Waals surface area contributed by atoms with Crippen molar-refractivity contribution in [1.82, 2.24) is 5.32 Å². The molecule has 3 rings (SSSR count). The van der Waals surface area contributed by atoms with Crippen LogP contribution in [0, 0.1) is 0 Å². The van der Waals surface area contributed by atoms with Gasteiger partial charge in [-0.25, -0.2) is 0 Å². The van der Waals surface area contributed by atoms with E-state index >= 15 is 0 Å². The number of benzene rings is 1. The summed E-state index contributed by atoms with van der Waals surface area (Å²) in [6.07, 6.45) is 4.09. The van der Waals surface area contributed by atoms with Crippen molar-refractivity contribution < 1.29 is 9.21 Å². The Labute approximate surface area is 110 Å². The van der Waals surface area contributed by atoms with Gasteiger partial charge in [-0.2, -0.15) is 0 Å². The number of furan rings is 1.